The molecule has 1 aromatic heterocycles. The van der Waals surface area contributed by atoms with Crippen LogP contribution in [-0.2, 0) is 6.61 Å². The third-order valence-electron chi connectivity index (χ3n) is 3.18. The van der Waals surface area contributed by atoms with Crippen molar-refractivity contribution in [3.8, 4) is 23.1 Å². The van der Waals surface area contributed by atoms with Crippen molar-refractivity contribution in [2.24, 2.45) is 0 Å². The number of benzene rings is 2. The van der Waals surface area contributed by atoms with Crippen LogP contribution in [0.1, 0.15) is 11.3 Å². The largest absolute Gasteiger partial charge is 0.489 e. The molecule has 0 fully saturated rings. The van der Waals surface area contributed by atoms with Crippen LogP contribution in [0.3, 0.4) is 0 Å². The minimum atomic E-state index is 0.320. The standard InChI is InChI=1S/C18H13N3O/c19-12-17-18(21-11-10-20-17)15-6-8-16(9-7-15)22-13-14-4-2-1-3-5-14/h1-11H,13H2. The summed E-state index contributed by atoms with van der Waals surface area (Å²) in [4.78, 5) is 8.23. The molecule has 3 aromatic rings. The van der Waals surface area contributed by atoms with Gasteiger partial charge in [-0.15, -0.1) is 0 Å². The third-order valence-corrected chi connectivity index (χ3v) is 3.18. The number of ether oxygens (including phenoxy) is 1. The van der Waals surface area contributed by atoms with Crippen LogP contribution in [0, 0.1) is 11.3 Å². The first-order valence-corrected chi connectivity index (χ1v) is 6.85. The molecule has 0 aliphatic carbocycles. The second-order valence-corrected chi connectivity index (χ2v) is 4.66. The number of hydrogen-bond donors (Lipinski definition) is 0. The van der Waals surface area contributed by atoms with Gasteiger partial charge in [-0.05, 0) is 29.8 Å². The van der Waals surface area contributed by atoms with Crippen LogP contribution >= 0.6 is 0 Å². The average molecular weight is 287 g/mol. The van der Waals surface area contributed by atoms with Crippen LogP contribution in [0.15, 0.2) is 67.0 Å². The number of nitrogens with zero attached hydrogens (tertiary/aromatic N) is 3. The monoisotopic (exact) mass is 287 g/mol. The summed E-state index contributed by atoms with van der Waals surface area (Å²) in [6.45, 7) is 0.523. The minimum Gasteiger partial charge on any atom is -0.489 e. The van der Waals surface area contributed by atoms with Gasteiger partial charge in [0, 0.05) is 18.0 Å². The van der Waals surface area contributed by atoms with Crippen LogP contribution in [0.2, 0.25) is 0 Å². The van der Waals surface area contributed by atoms with E-state index < -0.39 is 0 Å². The molecule has 1 heterocycles. The fraction of sp³-hybridized carbons (Fsp3) is 0.0556. The predicted octanol–water partition coefficient (Wildman–Crippen LogP) is 3.59. The lowest BCUT2D eigenvalue weighted by Gasteiger charge is -2.07. The lowest BCUT2D eigenvalue weighted by molar-refractivity contribution is 0.306. The quantitative estimate of drug-likeness (QED) is 0.735. The maximum atomic E-state index is 9.07. The van der Waals surface area contributed by atoms with Gasteiger partial charge in [0.25, 0.3) is 0 Å². The summed E-state index contributed by atoms with van der Waals surface area (Å²) >= 11 is 0. The van der Waals surface area contributed by atoms with Crippen molar-refractivity contribution in [2.75, 3.05) is 0 Å². The van der Waals surface area contributed by atoms with Crippen LogP contribution < -0.4 is 4.74 Å². The smallest absolute Gasteiger partial charge is 0.166 e. The highest BCUT2D eigenvalue weighted by Gasteiger charge is 2.07. The number of hydrogen-bond acceptors (Lipinski definition) is 4. The Balaban J connectivity index is 1.74. The molecule has 0 saturated carbocycles. The Kier molecular flexibility index (Phi) is 4.08. The topological polar surface area (TPSA) is 58.8 Å². The lowest BCUT2D eigenvalue weighted by Crippen LogP contribution is -1.95. The van der Waals surface area contributed by atoms with Crippen molar-refractivity contribution < 1.29 is 4.74 Å². The van der Waals surface area contributed by atoms with Gasteiger partial charge >= 0.3 is 0 Å². The molecule has 0 radical (unpaired) electrons. The first-order valence-electron chi connectivity index (χ1n) is 6.85. The van der Waals surface area contributed by atoms with Gasteiger partial charge in [-0.25, -0.2) is 4.98 Å². The van der Waals surface area contributed by atoms with Gasteiger partial charge in [-0.3, -0.25) is 4.98 Å². The Morgan fingerprint density at radius 3 is 2.36 bits per heavy atom. The molecule has 106 valence electrons. The van der Waals surface area contributed by atoms with Crippen LogP contribution in [0.4, 0.5) is 0 Å². The van der Waals surface area contributed by atoms with E-state index in [1.807, 2.05) is 54.6 Å². The van der Waals surface area contributed by atoms with Crippen molar-refractivity contribution in [1.82, 2.24) is 9.97 Å². The Bertz CT molecular complexity index is 793. The molecule has 0 atom stereocenters. The van der Waals surface area contributed by atoms with E-state index in [1.165, 1.54) is 6.20 Å². The van der Waals surface area contributed by atoms with Crippen molar-refractivity contribution in [3.63, 3.8) is 0 Å². The zero-order chi connectivity index (χ0) is 15.2. The zero-order valence-corrected chi connectivity index (χ0v) is 11.8. The first-order chi connectivity index (χ1) is 10.9. The van der Waals surface area contributed by atoms with Gasteiger partial charge < -0.3 is 4.74 Å². The highest BCUT2D eigenvalue weighted by molar-refractivity contribution is 5.64. The van der Waals surface area contributed by atoms with E-state index in [0.29, 0.717) is 18.0 Å². The molecule has 4 heteroatoms. The Hall–Kier alpha value is -3.19. The van der Waals surface area contributed by atoms with Gasteiger partial charge in [0.15, 0.2) is 5.69 Å². The predicted molar refractivity (Wildman–Crippen MR) is 83.0 cm³/mol. The van der Waals surface area contributed by atoms with E-state index in [0.717, 1.165) is 16.9 Å². The molecule has 0 unspecified atom stereocenters. The van der Waals surface area contributed by atoms with E-state index in [-0.39, 0.29) is 0 Å². The van der Waals surface area contributed by atoms with Gasteiger partial charge in [0.1, 0.15) is 24.1 Å². The Morgan fingerprint density at radius 2 is 1.64 bits per heavy atom. The van der Waals surface area contributed by atoms with Crippen LogP contribution in [0.5, 0.6) is 5.75 Å². The van der Waals surface area contributed by atoms with Gasteiger partial charge in [-0.1, -0.05) is 30.3 Å². The first kappa shape index (κ1) is 13.8. The van der Waals surface area contributed by atoms with Gasteiger partial charge in [0.05, 0.1) is 0 Å². The molecule has 3 rings (SSSR count). The van der Waals surface area contributed by atoms with E-state index in [9.17, 15) is 0 Å². The summed E-state index contributed by atoms with van der Waals surface area (Å²) in [5, 5.41) is 9.07. The third kappa shape index (κ3) is 3.10. The number of nitriles is 1. The van der Waals surface area contributed by atoms with Gasteiger partial charge in [0.2, 0.25) is 0 Å². The molecule has 0 bridgehead atoms. The molecule has 0 amide bonds. The van der Waals surface area contributed by atoms with Crippen LogP contribution in [-0.4, -0.2) is 9.97 Å². The second-order valence-electron chi connectivity index (χ2n) is 4.66. The highest BCUT2D eigenvalue weighted by Crippen LogP contribution is 2.22. The fourth-order valence-electron chi connectivity index (χ4n) is 2.08. The molecule has 22 heavy (non-hydrogen) atoms. The molecule has 4 nitrogen and oxygen atoms in total. The average Bonchev–Trinajstić information content (AvgIpc) is 2.61. The summed E-state index contributed by atoms with van der Waals surface area (Å²) in [6.07, 6.45) is 3.09. The minimum absolute atomic E-state index is 0.320. The fourth-order valence-corrected chi connectivity index (χ4v) is 2.08. The van der Waals surface area contributed by atoms with E-state index >= 15 is 0 Å². The summed E-state index contributed by atoms with van der Waals surface area (Å²) in [6, 6.07) is 19.5. The maximum Gasteiger partial charge on any atom is 0.166 e. The maximum absolute atomic E-state index is 9.07. The van der Waals surface area contributed by atoms with Crippen molar-refractivity contribution >= 4 is 0 Å². The number of aromatic nitrogens is 2. The summed E-state index contributed by atoms with van der Waals surface area (Å²) in [5.74, 6) is 0.773. The zero-order valence-electron chi connectivity index (χ0n) is 11.8. The van der Waals surface area contributed by atoms with E-state index in [4.69, 9.17) is 10.00 Å². The van der Waals surface area contributed by atoms with Crippen molar-refractivity contribution in [3.05, 3.63) is 78.2 Å². The van der Waals surface area contributed by atoms with Crippen LogP contribution in [0.25, 0.3) is 11.3 Å². The lowest BCUT2D eigenvalue weighted by atomic mass is 10.1. The SMILES string of the molecule is N#Cc1nccnc1-c1ccc(OCc2ccccc2)cc1. The molecule has 2 aromatic carbocycles. The molecular weight excluding hydrogens is 274 g/mol. The molecule has 0 spiro atoms. The molecule has 0 saturated heterocycles. The van der Waals surface area contributed by atoms with E-state index in [1.54, 1.807) is 6.20 Å². The Labute approximate surface area is 128 Å². The number of rotatable bonds is 4. The molecular formula is C18H13N3O. The highest BCUT2D eigenvalue weighted by atomic mass is 16.5. The van der Waals surface area contributed by atoms with Crippen molar-refractivity contribution in [2.45, 2.75) is 6.61 Å². The molecule has 0 aliphatic heterocycles. The summed E-state index contributed by atoms with van der Waals surface area (Å²) in [7, 11) is 0. The molecule has 0 aliphatic rings. The van der Waals surface area contributed by atoms with Gasteiger partial charge in [-0.2, -0.15) is 5.26 Å². The Morgan fingerprint density at radius 1 is 0.909 bits per heavy atom. The normalized spacial score (nSPS) is 9.95. The summed E-state index contributed by atoms with van der Waals surface area (Å²) < 4.78 is 5.74. The van der Waals surface area contributed by atoms with Crippen molar-refractivity contribution in [1.29, 1.82) is 5.26 Å². The summed E-state index contributed by atoms with van der Waals surface area (Å²) in [5.41, 5.74) is 2.86. The van der Waals surface area contributed by atoms with E-state index in [2.05, 4.69) is 16.0 Å². The molecule has 0 N–H and O–H groups in total. The second kappa shape index (κ2) is 6.51.